The molecule has 0 bridgehead atoms. The topological polar surface area (TPSA) is 40.5 Å². The van der Waals surface area contributed by atoms with Crippen LogP contribution in [-0.2, 0) is 0 Å². The van der Waals surface area contributed by atoms with Crippen LogP contribution in [0, 0.1) is 12.8 Å². The number of allylic oxidation sites excluding steroid dienone is 5. The summed E-state index contributed by atoms with van der Waals surface area (Å²) in [6.07, 6.45) is 8.65. The summed E-state index contributed by atoms with van der Waals surface area (Å²) in [5, 5.41) is 19.9. The van der Waals surface area contributed by atoms with Crippen LogP contribution in [-0.4, -0.2) is 10.2 Å². The molecule has 2 rings (SSSR count). The van der Waals surface area contributed by atoms with Gasteiger partial charge in [0.2, 0.25) is 0 Å². The smallest absolute Gasteiger partial charge is 0.123 e. The number of phenolic OH excluding ortho intramolecular Hbond substituents is 2. The second-order valence-electron chi connectivity index (χ2n) is 6.14. The van der Waals surface area contributed by atoms with Gasteiger partial charge >= 0.3 is 0 Å². The number of aryl methyl sites for hydroxylation is 1. The van der Waals surface area contributed by atoms with Gasteiger partial charge in [0, 0.05) is 17.5 Å². The second kappa shape index (κ2) is 6.21. The van der Waals surface area contributed by atoms with Crippen LogP contribution in [0.2, 0.25) is 0 Å². The predicted octanol–water partition coefficient (Wildman–Crippen LogP) is 4.98. The molecule has 1 aliphatic rings. The van der Waals surface area contributed by atoms with Crippen molar-refractivity contribution < 1.29 is 10.2 Å². The average molecular weight is 284 g/mol. The van der Waals surface area contributed by atoms with Gasteiger partial charge in [0.05, 0.1) is 0 Å². The molecule has 2 nitrogen and oxygen atoms in total. The van der Waals surface area contributed by atoms with E-state index in [1.165, 1.54) is 11.6 Å². The Balaban J connectivity index is 2.46. The van der Waals surface area contributed by atoms with Crippen LogP contribution in [0.4, 0.5) is 0 Å². The van der Waals surface area contributed by atoms with Gasteiger partial charge in [-0.05, 0) is 51.2 Å². The van der Waals surface area contributed by atoms with Crippen molar-refractivity contribution in [3.05, 3.63) is 59.2 Å². The van der Waals surface area contributed by atoms with Gasteiger partial charge in [0.25, 0.3) is 0 Å². The zero-order valence-electron chi connectivity index (χ0n) is 13.1. The number of hydrogen-bond donors (Lipinski definition) is 2. The maximum atomic E-state index is 10.3. The van der Waals surface area contributed by atoms with Crippen molar-refractivity contribution in [3.63, 3.8) is 0 Å². The lowest BCUT2D eigenvalue weighted by Crippen LogP contribution is -2.15. The van der Waals surface area contributed by atoms with Crippen molar-refractivity contribution in [2.24, 2.45) is 5.92 Å². The Morgan fingerprint density at radius 3 is 2.62 bits per heavy atom. The fraction of sp³-hybridized carbons (Fsp3) is 0.368. The van der Waals surface area contributed by atoms with Gasteiger partial charge in [-0.1, -0.05) is 36.0 Å². The summed E-state index contributed by atoms with van der Waals surface area (Å²) in [6.45, 7) is 9.97. The van der Waals surface area contributed by atoms with E-state index >= 15 is 0 Å². The third kappa shape index (κ3) is 3.57. The minimum absolute atomic E-state index is 0.110. The molecule has 21 heavy (non-hydrogen) atoms. The standard InChI is InChI=1S/C19H24O2/c1-12(2)5-7-15-8-6-13(3)9-17(15)19-14(4)10-16(20)11-18(19)21/h5,7,9-11,15,17,20-21H,1,6,8H2,2-4H3. The molecule has 2 N–H and O–H groups in total. The van der Waals surface area contributed by atoms with Crippen molar-refractivity contribution in [2.45, 2.75) is 39.5 Å². The Bertz CT molecular complexity index is 585. The van der Waals surface area contributed by atoms with Crippen molar-refractivity contribution in [3.8, 4) is 11.5 Å². The van der Waals surface area contributed by atoms with Crippen molar-refractivity contribution in [2.75, 3.05) is 0 Å². The summed E-state index contributed by atoms with van der Waals surface area (Å²) in [6, 6.07) is 3.14. The van der Waals surface area contributed by atoms with Gasteiger partial charge in [-0.3, -0.25) is 0 Å². The van der Waals surface area contributed by atoms with Crippen LogP contribution in [0.5, 0.6) is 11.5 Å². The molecule has 0 saturated heterocycles. The van der Waals surface area contributed by atoms with E-state index in [-0.39, 0.29) is 17.4 Å². The van der Waals surface area contributed by atoms with E-state index in [0.29, 0.717) is 5.92 Å². The van der Waals surface area contributed by atoms with Gasteiger partial charge < -0.3 is 10.2 Å². The van der Waals surface area contributed by atoms with Gasteiger partial charge in [-0.25, -0.2) is 0 Å². The SMILES string of the molecule is C=C(C)C=CC1CCC(C)=CC1c1c(C)cc(O)cc1O. The van der Waals surface area contributed by atoms with E-state index < -0.39 is 0 Å². The van der Waals surface area contributed by atoms with Crippen molar-refractivity contribution >= 4 is 0 Å². The Morgan fingerprint density at radius 1 is 1.29 bits per heavy atom. The molecule has 0 spiro atoms. The van der Waals surface area contributed by atoms with Crippen LogP contribution in [0.15, 0.2) is 48.1 Å². The molecule has 0 amide bonds. The van der Waals surface area contributed by atoms with E-state index in [1.54, 1.807) is 6.07 Å². The third-order valence-electron chi connectivity index (χ3n) is 4.11. The second-order valence-corrected chi connectivity index (χ2v) is 6.14. The highest BCUT2D eigenvalue weighted by molar-refractivity contribution is 5.49. The third-order valence-corrected chi connectivity index (χ3v) is 4.11. The molecular formula is C19H24O2. The first-order chi connectivity index (χ1) is 9.88. The molecule has 0 saturated carbocycles. The van der Waals surface area contributed by atoms with E-state index in [0.717, 1.165) is 29.5 Å². The first-order valence-electron chi connectivity index (χ1n) is 7.42. The molecule has 1 aromatic carbocycles. The number of benzene rings is 1. The highest BCUT2D eigenvalue weighted by Crippen LogP contribution is 2.43. The predicted molar refractivity (Wildman–Crippen MR) is 87.7 cm³/mol. The molecule has 0 heterocycles. The summed E-state index contributed by atoms with van der Waals surface area (Å²) in [7, 11) is 0. The molecule has 2 heteroatoms. The fourth-order valence-corrected chi connectivity index (χ4v) is 3.08. The number of rotatable bonds is 3. The normalized spacial score (nSPS) is 22.3. The van der Waals surface area contributed by atoms with Gasteiger partial charge in [0.15, 0.2) is 0 Å². The lowest BCUT2D eigenvalue weighted by Gasteiger charge is -2.29. The lowest BCUT2D eigenvalue weighted by molar-refractivity contribution is 0.429. The van der Waals surface area contributed by atoms with Crippen LogP contribution in [0.25, 0.3) is 0 Å². The Hall–Kier alpha value is -1.96. The first kappa shape index (κ1) is 15.4. The minimum Gasteiger partial charge on any atom is -0.508 e. The maximum Gasteiger partial charge on any atom is 0.123 e. The van der Waals surface area contributed by atoms with Gasteiger partial charge in [0.1, 0.15) is 11.5 Å². The van der Waals surface area contributed by atoms with Crippen LogP contribution in [0.1, 0.15) is 43.7 Å². The molecular weight excluding hydrogens is 260 g/mol. The molecule has 0 aliphatic heterocycles. The number of phenols is 2. The summed E-state index contributed by atoms with van der Waals surface area (Å²) in [5.74, 6) is 0.783. The fourth-order valence-electron chi connectivity index (χ4n) is 3.08. The first-order valence-corrected chi connectivity index (χ1v) is 7.42. The minimum atomic E-state index is 0.110. The molecule has 1 aliphatic carbocycles. The van der Waals surface area contributed by atoms with E-state index in [1.807, 2.05) is 13.8 Å². The van der Waals surface area contributed by atoms with Crippen LogP contribution in [0.3, 0.4) is 0 Å². The monoisotopic (exact) mass is 284 g/mol. The average Bonchev–Trinajstić information content (AvgIpc) is 2.36. The zero-order chi connectivity index (χ0) is 15.6. The molecule has 0 aromatic heterocycles. The van der Waals surface area contributed by atoms with Crippen LogP contribution >= 0.6 is 0 Å². The van der Waals surface area contributed by atoms with Gasteiger partial charge in [-0.2, -0.15) is 0 Å². The lowest BCUT2D eigenvalue weighted by atomic mass is 9.75. The molecule has 2 unspecified atom stereocenters. The van der Waals surface area contributed by atoms with Crippen molar-refractivity contribution in [1.82, 2.24) is 0 Å². The quantitative estimate of drug-likeness (QED) is 0.607. The number of aromatic hydroxyl groups is 2. The van der Waals surface area contributed by atoms with E-state index in [9.17, 15) is 10.2 Å². The highest BCUT2D eigenvalue weighted by Gasteiger charge is 2.26. The molecule has 2 atom stereocenters. The summed E-state index contributed by atoms with van der Waals surface area (Å²) in [4.78, 5) is 0. The van der Waals surface area contributed by atoms with E-state index in [4.69, 9.17) is 0 Å². The largest absolute Gasteiger partial charge is 0.508 e. The summed E-state index contributed by atoms with van der Waals surface area (Å²) >= 11 is 0. The van der Waals surface area contributed by atoms with E-state index in [2.05, 4.69) is 31.7 Å². The highest BCUT2D eigenvalue weighted by atomic mass is 16.3. The molecule has 1 aromatic rings. The summed E-state index contributed by atoms with van der Waals surface area (Å²) < 4.78 is 0. The molecule has 0 fully saturated rings. The zero-order valence-corrected chi connectivity index (χ0v) is 13.1. The summed E-state index contributed by atoms with van der Waals surface area (Å²) in [5.41, 5.74) is 4.24. The molecule has 0 radical (unpaired) electrons. The van der Waals surface area contributed by atoms with Gasteiger partial charge in [-0.15, -0.1) is 0 Å². The maximum absolute atomic E-state index is 10.3. The van der Waals surface area contributed by atoms with Crippen molar-refractivity contribution in [1.29, 1.82) is 0 Å². The Kier molecular flexibility index (Phi) is 4.56. The Labute approximate surface area is 127 Å². The van der Waals surface area contributed by atoms with Crippen LogP contribution < -0.4 is 0 Å². The molecule has 112 valence electrons. The number of hydrogen-bond acceptors (Lipinski definition) is 2. The Morgan fingerprint density at radius 2 is 2.00 bits per heavy atom.